The molecule has 194 valence electrons. The van der Waals surface area contributed by atoms with Crippen LogP contribution in [0.2, 0.25) is 0 Å². The lowest BCUT2D eigenvalue weighted by molar-refractivity contribution is -0.125. The quantitative estimate of drug-likeness (QED) is 0.539. The first-order valence-electron chi connectivity index (χ1n) is 12.6. The van der Waals surface area contributed by atoms with Gasteiger partial charge in [0, 0.05) is 54.0 Å². The SMILES string of the molecule is C=CC(=O)N1CC=C(c2cc3c(cc2OC)=NCCC=3OC2=CCC(NC(=O)NC3CC3)C(Cl)=C2)CC1. The number of methoxy groups -OCH3 is 1. The van der Waals surface area contributed by atoms with Gasteiger partial charge < -0.3 is 25.0 Å². The van der Waals surface area contributed by atoms with E-state index in [0.29, 0.717) is 49.7 Å². The van der Waals surface area contributed by atoms with E-state index in [2.05, 4.69) is 34.3 Å². The third kappa shape index (κ3) is 5.74. The summed E-state index contributed by atoms with van der Waals surface area (Å²) in [6.07, 6.45) is 11.1. The van der Waals surface area contributed by atoms with Gasteiger partial charge in [-0.2, -0.15) is 0 Å². The zero-order valence-electron chi connectivity index (χ0n) is 20.9. The molecule has 1 aromatic rings. The number of rotatable bonds is 7. The van der Waals surface area contributed by atoms with E-state index in [4.69, 9.17) is 21.1 Å². The Morgan fingerprint density at radius 3 is 2.73 bits per heavy atom. The number of benzene rings is 1. The molecule has 8 nitrogen and oxygen atoms in total. The van der Waals surface area contributed by atoms with Gasteiger partial charge in [-0.1, -0.05) is 24.3 Å². The first kappa shape index (κ1) is 25.1. The lowest BCUT2D eigenvalue weighted by atomic mass is 9.96. The Hall–Kier alpha value is -3.52. The number of hydrogen-bond acceptors (Lipinski definition) is 5. The zero-order valence-corrected chi connectivity index (χ0v) is 21.6. The predicted octanol–water partition coefficient (Wildman–Crippen LogP) is 2.89. The van der Waals surface area contributed by atoms with E-state index >= 15 is 0 Å². The molecule has 2 aliphatic heterocycles. The van der Waals surface area contributed by atoms with Crippen molar-refractivity contribution in [3.8, 4) is 5.75 Å². The van der Waals surface area contributed by atoms with Crippen LogP contribution in [0.5, 0.6) is 5.75 Å². The van der Waals surface area contributed by atoms with E-state index in [0.717, 1.165) is 46.1 Å². The highest BCUT2D eigenvalue weighted by atomic mass is 35.5. The fourth-order valence-electron chi connectivity index (χ4n) is 4.70. The molecule has 1 atom stereocenters. The zero-order chi connectivity index (χ0) is 25.9. The van der Waals surface area contributed by atoms with Gasteiger partial charge in [-0.25, -0.2) is 4.79 Å². The van der Waals surface area contributed by atoms with E-state index in [1.807, 2.05) is 12.1 Å². The third-order valence-corrected chi connectivity index (χ3v) is 7.28. The van der Waals surface area contributed by atoms with E-state index in [9.17, 15) is 9.59 Å². The number of halogens is 1. The van der Waals surface area contributed by atoms with Crippen molar-refractivity contribution in [3.63, 3.8) is 0 Å². The monoisotopic (exact) mass is 522 g/mol. The first-order valence-corrected chi connectivity index (χ1v) is 13.0. The van der Waals surface area contributed by atoms with Crippen molar-refractivity contribution < 1.29 is 19.1 Å². The smallest absolute Gasteiger partial charge is 0.315 e. The summed E-state index contributed by atoms with van der Waals surface area (Å²) in [5.74, 6) is 2.15. The molecule has 5 rings (SSSR count). The van der Waals surface area contributed by atoms with E-state index in [1.165, 1.54) is 6.08 Å². The lowest BCUT2D eigenvalue weighted by Crippen LogP contribution is -2.43. The summed E-state index contributed by atoms with van der Waals surface area (Å²) in [5.41, 5.74) is 2.10. The van der Waals surface area contributed by atoms with Crippen LogP contribution >= 0.6 is 11.6 Å². The van der Waals surface area contributed by atoms with Crippen LogP contribution < -0.4 is 25.9 Å². The maximum Gasteiger partial charge on any atom is 0.315 e. The molecule has 0 spiro atoms. The molecule has 0 aromatic heterocycles. The number of carbonyl (C=O) groups is 2. The molecule has 9 heteroatoms. The van der Waals surface area contributed by atoms with Crippen LogP contribution in [-0.4, -0.2) is 55.7 Å². The van der Waals surface area contributed by atoms with Crippen molar-refractivity contribution in [2.75, 3.05) is 26.7 Å². The second-order valence-corrected chi connectivity index (χ2v) is 9.95. The average Bonchev–Trinajstić information content (AvgIpc) is 3.73. The van der Waals surface area contributed by atoms with Gasteiger partial charge in [-0.3, -0.25) is 9.79 Å². The fraction of sp³-hybridized carbons (Fsp3) is 0.393. The minimum absolute atomic E-state index is 0.0658. The number of amides is 3. The van der Waals surface area contributed by atoms with Crippen LogP contribution in [0.15, 0.2) is 58.8 Å². The number of fused-ring (bicyclic) bond motifs is 1. The highest BCUT2D eigenvalue weighted by molar-refractivity contribution is 6.30. The van der Waals surface area contributed by atoms with Gasteiger partial charge in [0.15, 0.2) is 0 Å². The van der Waals surface area contributed by atoms with Crippen molar-refractivity contribution >= 4 is 34.9 Å². The number of nitrogens with zero attached hydrogens (tertiary/aromatic N) is 2. The number of hydrogen-bond donors (Lipinski definition) is 2. The maximum absolute atomic E-state index is 12.1. The Morgan fingerprint density at radius 1 is 1.22 bits per heavy atom. The minimum atomic E-state index is -0.270. The van der Waals surface area contributed by atoms with E-state index < -0.39 is 0 Å². The molecule has 1 fully saturated rings. The van der Waals surface area contributed by atoms with Crippen molar-refractivity contribution in [1.82, 2.24) is 15.5 Å². The normalized spacial score (nSPS) is 20.9. The highest BCUT2D eigenvalue weighted by Gasteiger charge is 2.26. The second kappa shape index (κ2) is 10.8. The molecule has 2 aliphatic carbocycles. The van der Waals surface area contributed by atoms with Crippen LogP contribution in [0.25, 0.3) is 11.3 Å². The Kier molecular flexibility index (Phi) is 7.37. The standard InChI is InChI=1S/C28H31ClN4O4/c1-3-27(34)33-12-9-17(10-13-33)20-15-21-24(16-26(20)36-2)30-11-8-25(21)37-19-6-7-23(22(29)14-19)32-28(35)31-18-4-5-18/h3,6,9,14-16,18,23H,1,4-5,7-8,10-13H2,2H3,(H2,31,32,35). The van der Waals surface area contributed by atoms with Crippen LogP contribution in [-0.2, 0) is 9.53 Å². The van der Waals surface area contributed by atoms with Crippen LogP contribution in [0.1, 0.15) is 37.7 Å². The Morgan fingerprint density at radius 2 is 2.05 bits per heavy atom. The number of nitrogens with one attached hydrogen (secondary N) is 2. The number of allylic oxidation sites excluding steroid dienone is 1. The summed E-state index contributed by atoms with van der Waals surface area (Å²) in [4.78, 5) is 30.5. The summed E-state index contributed by atoms with van der Waals surface area (Å²) >= 11 is 6.51. The topological polar surface area (TPSA) is 92.3 Å². The summed E-state index contributed by atoms with van der Waals surface area (Å²) in [6.45, 7) is 5.35. The number of carbonyl (C=O) groups excluding carboxylic acids is 2. The molecule has 37 heavy (non-hydrogen) atoms. The molecule has 1 aromatic carbocycles. The van der Waals surface area contributed by atoms with Gasteiger partial charge in [0.2, 0.25) is 5.91 Å². The van der Waals surface area contributed by atoms with Crippen molar-refractivity contribution in [1.29, 1.82) is 0 Å². The Bertz CT molecular complexity index is 1340. The van der Waals surface area contributed by atoms with Crippen LogP contribution in [0.4, 0.5) is 4.79 Å². The van der Waals surface area contributed by atoms with Gasteiger partial charge in [0.05, 0.1) is 18.5 Å². The van der Waals surface area contributed by atoms with Gasteiger partial charge >= 0.3 is 6.03 Å². The summed E-state index contributed by atoms with van der Waals surface area (Å²) in [7, 11) is 1.65. The summed E-state index contributed by atoms with van der Waals surface area (Å²) in [5, 5.41) is 8.12. The van der Waals surface area contributed by atoms with Crippen molar-refractivity contribution in [2.24, 2.45) is 4.99 Å². The molecule has 3 amide bonds. The van der Waals surface area contributed by atoms with E-state index in [1.54, 1.807) is 18.1 Å². The van der Waals surface area contributed by atoms with Gasteiger partial charge in [-0.15, -0.1) is 0 Å². The second-order valence-electron chi connectivity index (χ2n) is 9.51. The highest BCUT2D eigenvalue weighted by Crippen LogP contribution is 2.30. The summed E-state index contributed by atoms with van der Waals surface area (Å²) in [6, 6.07) is 3.85. The first-order chi connectivity index (χ1) is 17.9. The molecule has 2 heterocycles. The minimum Gasteiger partial charge on any atom is -0.496 e. The van der Waals surface area contributed by atoms with E-state index in [-0.39, 0.29) is 24.0 Å². The fourth-order valence-corrected chi connectivity index (χ4v) is 4.95. The predicted molar refractivity (Wildman–Crippen MR) is 142 cm³/mol. The molecule has 1 saturated carbocycles. The molecule has 1 unspecified atom stereocenters. The Balaban J connectivity index is 1.38. The lowest BCUT2D eigenvalue weighted by Gasteiger charge is -2.26. The third-order valence-electron chi connectivity index (χ3n) is 6.91. The molecular formula is C28H31ClN4O4. The van der Waals surface area contributed by atoms with Gasteiger partial charge in [0.1, 0.15) is 17.3 Å². The summed E-state index contributed by atoms with van der Waals surface area (Å²) < 4.78 is 12.0. The van der Waals surface area contributed by atoms with Crippen LogP contribution in [0, 0.1) is 0 Å². The van der Waals surface area contributed by atoms with Gasteiger partial charge in [-0.05, 0) is 55.6 Å². The maximum atomic E-state index is 12.1. The molecule has 0 saturated heterocycles. The van der Waals surface area contributed by atoms with Crippen molar-refractivity contribution in [2.45, 2.75) is 44.2 Å². The van der Waals surface area contributed by atoms with Gasteiger partial charge in [0.25, 0.3) is 0 Å². The number of ether oxygens (including phenoxy) is 2. The Labute approximate surface area is 221 Å². The molecule has 2 N–H and O–H groups in total. The van der Waals surface area contributed by atoms with Crippen LogP contribution in [0.3, 0.4) is 0 Å². The molecular weight excluding hydrogens is 492 g/mol. The number of urea groups is 1. The average molecular weight is 523 g/mol. The molecule has 0 radical (unpaired) electrons. The molecule has 0 bridgehead atoms. The van der Waals surface area contributed by atoms with Crippen molar-refractivity contribution in [3.05, 3.63) is 69.9 Å². The molecule has 4 aliphatic rings. The largest absolute Gasteiger partial charge is 0.496 e.